The zero-order chi connectivity index (χ0) is 11.8. The molecule has 88 valence electrons. The highest BCUT2D eigenvalue weighted by Crippen LogP contribution is 2.32. The topological polar surface area (TPSA) is 84.2 Å². The maximum absolute atomic E-state index is 11.4. The van der Waals surface area contributed by atoms with Crippen LogP contribution in [0, 0.1) is 0 Å². The molecule has 16 heavy (non-hydrogen) atoms. The van der Waals surface area contributed by atoms with E-state index in [4.69, 9.17) is 5.73 Å². The molecular formula is C10H15N3O2S. The Labute approximate surface area is 95.2 Å². The summed E-state index contributed by atoms with van der Waals surface area (Å²) in [6.45, 7) is 0. The molecule has 1 unspecified atom stereocenters. The molecule has 0 radical (unpaired) electrons. The van der Waals surface area contributed by atoms with Crippen LogP contribution in [0.5, 0.6) is 0 Å². The van der Waals surface area contributed by atoms with Gasteiger partial charge in [-0.3, -0.25) is 0 Å². The number of benzene rings is 1. The molecule has 1 aromatic rings. The molecule has 4 N–H and O–H groups in total. The first-order valence-corrected chi connectivity index (χ1v) is 6.59. The van der Waals surface area contributed by atoms with E-state index in [0.717, 1.165) is 29.7 Å². The minimum atomic E-state index is -3.39. The van der Waals surface area contributed by atoms with Crippen LogP contribution in [-0.4, -0.2) is 15.5 Å². The molecule has 0 aromatic heterocycles. The van der Waals surface area contributed by atoms with E-state index in [2.05, 4.69) is 9.44 Å². The summed E-state index contributed by atoms with van der Waals surface area (Å²) in [6, 6.07) is 5.45. The van der Waals surface area contributed by atoms with Gasteiger partial charge in [0.05, 0.1) is 0 Å². The van der Waals surface area contributed by atoms with Crippen molar-refractivity contribution in [3.05, 3.63) is 29.3 Å². The third-order valence-electron chi connectivity index (χ3n) is 2.81. The fraction of sp³-hybridized carbons (Fsp3) is 0.400. The van der Waals surface area contributed by atoms with Crippen molar-refractivity contribution >= 4 is 15.9 Å². The molecule has 0 aliphatic heterocycles. The van der Waals surface area contributed by atoms with E-state index >= 15 is 0 Å². The Morgan fingerprint density at radius 2 is 2.19 bits per heavy atom. The first kappa shape index (κ1) is 11.4. The summed E-state index contributed by atoms with van der Waals surface area (Å²) in [4.78, 5) is 0. The van der Waals surface area contributed by atoms with Gasteiger partial charge in [-0.1, -0.05) is 6.07 Å². The second-order valence-corrected chi connectivity index (χ2v) is 5.53. The van der Waals surface area contributed by atoms with E-state index < -0.39 is 10.2 Å². The Kier molecular flexibility index (Phi) is 2.88. The second-order valence-electron chi connectivity index (χ2n) is 3.87. The zero-order valence-corrected chi connectivity index (χ0v) is 9.84. The molecule has 0 saturated heterocycles. The molecule has 6 heteroatoms. The van der Waals surface area contributed by atoms with Crippen LogP contribution >= 0.6 is 0 Å². The number of nitrogens with two attached hydrogens (primary N) is 1. The Balaban J connectivity index is 2.24. The molecule has 1 aliphatic carbocycles. The van der Waals surface area contributed by atoms with Gasteiger partial charge in [0.15, 0.2) is 0 Å². The van der Waals surface area contributed by atoms with E-state index in [9.17, 15) is 8.42 Å². The van der Waals surface area contributed by atoms with Gasteiger partial charge in [0, 0.05) is 18.8 Å². The highest BCUT2D eigenvalue weighted by Gasteiger charge is 2.25. The summed E-state index contributed by atoms with van der Waals surface area (Å²) in [5.74, 6) is 0. The smallest absolute Gasteiger partial charge is 0.277 e. The first-order chi connectivity index (χ1) is 7.52. The predicted octanol–water partition coefficient (Wildman–Crippen LogP) is 0.310. The number of nitrogens with one attached hydrogen (secondary N) is 2. The molecule has 0 saturated carbocycles. The van der Waals surface area contributed by atoms with Gasteiger partial charge in [-0.05, 0) is 36.1 Å². The largest absolute Gasteiger partial charge is 0.399 e. The van der Waals surface area contributed by atoms with Crippen LogP contribution in [0.15, 0.2) is 18.2 Å². The van der Waals surface area contributed by atoms with Gasteiger partial charge >= 0.3 is 0 Å². The SMILES string of the molecule is CNS(=O)(=O)NC1CCc2cc(N)ccc21. The second kappa shape index (κ2) is 4.04. The van der Waals surface area contributed by atoms with Crippen molar-refractivity contribution < 1.29 is 8.42 Å². The summed E-state index contributed by atoms with van der Waals surface area (Å²) in [7, 11) is -2.00. The molecule has 0 spiro atoms. The lowest BCUT2D eigenvalue weighted by Crippen LogP contribution is -2.36. The van der Waals surface area contributed by atoms with Gasteiger partial charge in [0.1, 0.15) is 0 Å². The van der Waals surface area contributed by atoms with E-state index in [0.29, 0.717) is 0 Å². The fourth-order valence-electron chi connectivity index (χ4n) is 2.01. The van der Waals surface area contributed by atoms with Gasteiger partial charge in [0.25, 0.3) is 10.2 Å². The van der Waals surface area contributed by atoms with Crippen molar-refractivity contribution in [2.75, 3.05) is 12.8 Å². The molecule has 0 heterocycles. The summed E-state index contributed by atoms with van der Waals surface area (Å²) < 4.78 is 27.6. The first-order valence-electron chi connectivity index (χ1n) is 5.11. The van der Waals surface area contributed by atoms with Crippen molar-refractivity contribution in [2.45, 2.75) is 18.9 Å². The number of rotatable bonds is 3. The van der Waals surface area contributed by atoms with Crippen molar-refractivity contribution in [3.63, 3.8) is 0 Å². The van der Waals surface area contributed by atoms with Crippen molar-refractivity contribution in [1.82, 2.24) is 9.44 Å². The molecule has 2 rings (SSSR count). The molecule has 1 aliphatic rings. The average Bonchev–Trinajstić information content (AvgIpc) is 2.60. The van der Waals surface area contributed by atoms with Crippen LogP contribution in [0.25, 0.3) is 0 Å². The van der Waals surface area contributed by atoms with Crippen molar-refractivity contribution in [1.29, 1.82) is 0 Å². The molecular weight excluding hydrogens is 226 g/mol. The van der Waals surface area contributed by atoms with E-state index in [1.165, 1.54) is 7.05 Å². The maximum Gasteiger partial charge on any atom is 0.277 e. The maximum atomic E-state index is 11.4. The molecule has 1 atom stereocenters. The van der Waals surface area contributed by atoms with Crippen molar-refractivity contribution in [2.24, 2.45) is 0 Å². The molecule has 1 aromatic carbocycles. The lowest BCUT2D eigenvalue weighted by atomic mass is 10.1. The van der Waals surface area contributed by atoms with Crippen LogP contribution in [0.1, 0.15) is 23.6 Å². The normalized spacial score (nSPS) is 19.7. The Morgan fingerprint density at radius 1 is 1.44 bits per heavy atom. The Morgan fingerprint density at radius 3 is 2.88 bits per heavy atom. The number of fused-ring (bicyclic) bond motifs is 1. The minimum Gasteiger partial charge on any atom is -0.399 e. The Hall–Kier alpha value is -1.11. The summed E-state index contributed by atoms with van der Waals surface area (Å²) in [6.07, 6.45) is 1.64. The lowest BCUT2D eigenvalue weighted by molar-refractivity contribution is 0.547. The van der Waals surface area contributed by atoms with Crippen LogP contribution < -0.4 is 15.2 Å². The highest BCUT2D eigenvalue weighted by molar-refractivity contribution is 7.87. The standard InChI is InChI=1S/C10H15N3O2S/c1-12-16(14,15)13-10-5-2-7-6-8(11)3-4-9(7)10/h3-4,6,10,12-13H,2,5,11H2,1H3. The summed E-state index contributed by atoms with van der Waals surface area (Å²) in [5, 5.41) is 0. The number of aryl methyl sites for hydroxylation is 1. The van der Waals surface area contributed by atoms with Gasteiger partial charge < -0.3 is 5.73 Å². The monoisotopic (exact) mass is 241 g/mol. The quantitative estimate of drug-likeness (QED) is 0.666. The number of anilines is 1. The molecule has 5 nitrogen and oxygen atoms in total. The van der Waals surface area contributed by atoms with Crippen LogP contribution in [0.3, 0.4) is 0 Å². The minimum absolute atomic E-state index is 0.145. The van der Waals surface area contributed by atoms with Gasteiger partial charge in [-0.2, -0.15) is 13.1 Å². The predicted molar refractivity (Wildman–Crippen MR) is 63.0 cm³/mol. The van der Waals surface area contributed by atoms with Crippen LogP contribution in [-0.2, 0) is 16.6 Å². The van der Waals surface area contributed by atoms with E-state index in [1.54, 1.807) is 6.07 Å². The Bertz CT molecular complexity index is 499. The highest BCUT2D eigenvalue weighted by atomic mass is 32.2. The van der Waals surface area contributed by atoms with Crippen LogP contribution in [0.2, 0.25) is 0 Å². The van der Waals surface area contributed by atoms with E-state index in [1.807, 2.05) is 12.1 Å². The number of nitrogen functional groups attached to an aromatic ring is 1. The van der Waals surface area contributed by atoms with Crippen LogP contribution in [0.4, 0.5) is 5.69 Å². The van der Waals surface area contributed by atoms with Crippen molar-refractivity contribution in [3.8, 4) is 0 Å². The van der Waals surface area contributed by atoms with Gasteiger partial charge in [-0.25, -0.2) is 4.72 Å². The summed E-state index contributed by atoms with van der Waals surface area (Å²) >= 11 is 0. The third-order valence-corrected chi connectivity index (χ3v) is 3.94. The fourth-order valence-corrected chi connectivity index (χ4v) is 2.74. The molecule has 0 amide bonds. The third kappa shape index (κ3) is 2.18. The van der Waals surface area contributed by atoms with Gasteiger partial charge in [-0.15, -0.1) is 0 Å². The summed E-state index contributed by atoms with van der Waals surface area (Å²) in [5.41, 5.74) is 8.55. The zero-order valence-electron chi connectivity index (χ0n) is 9.03. The van der Waals surface area contributed by atoms with E-state index in [-0.39, 0.29) is 6.04 Å². The number of hydrogen-bond acceptors (Lipinski definition) is 3. The molecule has 0 bridgehead atoms. The molecule has 0 fully saturated rings. The lowest BCUT2D eigenvalue weighted by Gasteiger charge is -2.13. The van der Waals surface area contributed by atoms with Gasteiger partial charge in [0.2, 0.25) is 0 Å². The average molecular weight is 241 g/mol. The number of hydrogen-bond donors (Lipinski definition) is 3.